The van der Waals surface area contributed by atoms with Crippen LogP contribution < -0.4 is 36.5 Å². The Labute approximate surface area is 390 Å². The van der Waals surface area contributed by atoms with Crippen LogP contribution in [0.25, 0.3) is 11.3 Å². The van der Waals surface area contributed by atoms with Gasteiger partial charge in [-0.25, -0.2) is 23.0 Å². The molecular formula is C45H63F2N11O8S. The fourth-order valence-electron chi connectivity index (χ4n) is 7.64. The van der Waals surface area contributed by atoms with E-state index in [9.17, 15) is 32.6 Å². The fraction of sp³-hybridized carbons (Fsp3) is 0.533. The highest BCUT2D eigenvalue weighted by Crippen LogP contribution is 2.33. The summed E-state index contributed by atoms with van der Waals surface area (Å²) in [6.45, 7) is 8.28. The molecule has 2 aliphatic heterocycles. The molecule has 5 rings (SSSR count). The van der Waals surface area contributed by atoms with Crippen LogP contribution >= 0.6 is 0 Å². The molecule has 0 spiro atoms. The number of primary amides is 1. The van der Waals surface area contributed by atoms with Crippen molar-refractivity contribution in [3.8, 4) is 22.8 Å². The molecule has 67 heavy (non-hydrogen) atoms. The van der Waals surface area contributed by atoms with Crippen LogP contribution in [0.2, 0.25) is 0 Å². The number of halogens is 2. The molecule has 22 heteroatoms. The number of amides is 5. The molecule has 4 bridgehead atoms. The molecule has 6 N–H and O–H groups in total. The van der Waals surface area contributed by atoms with Gasteiger partial charge in [-0.1, -0.05) is 13.8 Å². The standard InChI is InChI=1S/C45H63F2N11O8S/c1-27(2)40(53-42(61)36-9-8-14-58(36)44(63)35(23-38(48)59)52-39(60)25-57(6)17-16-56(5)15-13-49-4)43(62)55-67(7,64)26-29-19-31-22-32(20-29)66-28(3)12-18-65-37-21-30(46)10-11-33(37)41-34(47)24-50-45(51-31)54-41/h10-11,19-22,24,27-28,35-36,40,49H,8-9,12-18,23,25-26H2,1-7H3,(H2,48,59)(H,52,60)(H,53,61)(H,50,51,54)/t28-,35-,36-,40-,67-/m0/s1. The quantitative estimate of drug-likeness (QED) is 0.123. The number of benzene rings is 2. The zero-order chi connectivity index (χ0) is 49.0. The summed E-state index contributed by atoms with van der Waals surface area (Å²) in [6.07, 6.45) is 2.41. The van der Waals surface area contributed by atoms with Gasteiger partial charge in [0, 0.05) is 68.8 Å². The number of aromatic nitrogens is 2. The second kappa shape index (κ2) is 23.7. The maximum absolute atomic E-state index is 15.1. The van der Waals surface area contributed by atoms with Crippen LogP contribution in [0.1, 0.15) is 52.0 Å². The van der Waals surface area contributed by atoms with Crippen molar-refractivity contribution in [3.05, 3.63) is 59.8 Å². The number of nitrogens with two attached hydrogens (primary N) is 1. The maximum atomic E-state index is 15.1. The monoisotopic (exact) mass is 955 g/mol. The number of likely N-dealkylation sites (tertiary alicyclic amines) is 1. The third-order valence-electron chi connectivity index (χ3n) is 11.1. The highest BCUT2D eigenvalue weighted by atomic mass is 32.2. The van der Waals surface area contributed by atoms with Gasteiger partial charge in [0.25, 0.3) is 5.91 Å². The number of likely N-dealkylation sites (N-methyl/N-ethyl adjacent to an activating group) is 3. The van der Waals surface area contributed by atoms with E-state index in [4.69, 9.17) is 15.2 Å². The van der Waals surface area contributed by atoms with E-state index in [1.807, 2.05) is 14.1 Å². The Kier molecular flexibility index (Phi) is 18.5. The molecule has 366 valence electrons. The number of carbonyl (C=O) groups excluding carboxylic acids is 5. The van der Waals surface area contributed by atoms with E-state index >= 15 is 4.39 Å². The smallest absolute Gasteiger partial charge is 0.276 e. The van der Waals surface area contributed by atoms with E-state index < -0.39 is 87.5 Å². The van der Waals surface area contributed by atoms with Crippen LogP contribution in [0, 0.1) is 17.6 Å². The van der Waals surface area contributed by atoms with Gasteiger partial charge in [-0.2, -0.15) is 4.36 Å². The first-order chi connectivity index (χ1) is 31.7. The van der Waals surface area contributed by atoms with Crippen molar-refractivity contribution < 1.29 is 46.4 Å². The van der Waals surface area contributed by atoms with Crippen LogP contribution in [0.5, 0.6) is 11.5 Å². The number of nitrogens with one attached hydrogen (secondary N) is 4. The van der Waals surface area contributed by atoms with E-state index in [0.29, 0.717) is 42.9 Å². The van der Waals surface area contributed by atoms with Crippen LogP contribution in [0.3, 0.4) is 0 Å². The van der Waals surface area contributed by atoms with Gasteiger partial charge >= 0.3 is 0 Å². The van der Waals surface area contributed by atoms with Crippen molar-refractivity contribution in [2.45, 2.75) is 76.4 Å². The van der Waals surface area contributed by atoms with E-state index in [0.717, 1.165) is 25.4 Å². The predicted molar refractivity (Wildman–Crippen MR) is 249 cm³/mol. The molecule has 0 saturated carbocycles. The molecule has 3 heterocycles. The lowest BCUT2D eigenvalue weighted by Crippen LogP contribution is -2.57. The van der Waals surface area contributed by atoms with E-state index in [2.05, 4.69) is 40.5 Å². The lowest BCUT2D eigenvalue weighted by atomic mass is 10.0. The lowest BCUT2D eigenvalue weighted by molar-refractivity contribution is -0.143. The Morgan fingerprint density at radius 1 is 1.04 bits per heavy atom. The first-order valence-corrected chi connectivity index (χ1v) is 24.3. The average Bonchev–Trinajstić information content (AvgIpc) is 3.74. The molecule has 1 fully saturated rings. The van der Waals surface area contributed by atoms with Crippen molar-refractivity contribution in [3.63, 3.8) is 0 Å². The third-order valence-corrected chi connectivity index (χ3v) is 12.6. The van der Waals surface area contributed by atoms with Gasteiger partial charge in [-0.3, -0.25) is 28.9 Å². The summed E-state index contributed by atoms with van der Waals surface area (Å²) in [6, 6.07) is 5.06. The van der Waals surface area contributed by atoms with Gasteiger partial charge in [-0.05, 0) is 76.7 Å². The van der Waals surface area contributed by atoms with Crippen molar-refractivity contribution in [2.24, 2.45) is 16.0 Å². The summed E-state index contributed by atoms with van der Waals surface area (Å²) >= 11 is 0. The van der Waals surface area contributed by atoms with Gasteiger partial charge < -0.3 is 46.3 Å². The lowest BCUT2D eigenvalue weighted by Gasteiger charge is -2.30. The number of hydrogen-bond donors (Lipinski definition) is 5. The predicted octanol–water partition coefficient (Wildman–Crippen LogP) is 2.41. The molecule has 2 aliphatic rings. The van der Waals surface area contributed by atoms with Gasteiger partial charge in [0.2, 0.25) is 29.6 Å². The number of nitrogens with zero attached hydrogens (tertiary/aromatic N) is 6. The normalized spacial score (nSPS) is 17.8. The second-order valence-corrected chi connectivity index (χ2v) is 19.9. The Balaban J connectivity index is 1.30. The second-order valence-electron chi connectivity index (χ2n) is 17.5. The Bertz CT molecular complexity index is 2400. The first-order valence-electron chi connectivity index (χ1n) is 22.2. The molecule has 3 aromatic rings. The van der Waals surface area contributed by atoms with Crippen LogP contribution in [-0.4, -0.2) is 156 Å². The number of hydrogen-bond acceptors (Lipinski definition) is 14. The minimum atomic E-state index is -3.33. The highest BCUT2D eigenvalue weighted by Gasteiger charge is 2.40. The fourth-order valence-corrected chi connectivity index (χ4v) is 8.99. The molecule has 0 radical (unpaired) electrons. The number of fused-ring (bicyclic) bond motifs is 6. The summed E-state index contributed by atoms with van der Waals surface area (Å²) in [5.74, 6) is -5.09. The summed E-state index contributed by atoms with van der Waals surface area (Å²) in [5.41, 5.74) is 6.42. The van der Waals surface area contributed by atoms with E-state index in [1.54, 1.807) is 50.9 Å². The summed E-state index contributed by atoms with van der Waals surface area (Å²) in [7, 11) is 2.27. The van der Waals surface area contributed by atoms with Crippen molar-refractivity contribution in [1.29, 1.82) is 0 Å². The zero-order valence-corrected chi connectivity index (χ0v) is 39.9. The molecule has 5 atom stereocenters. The van der Waals surface area contributed by atoms with Gasteiger partial charge in [0.15, 0.2) is 5.82 Å². The number of carbonyl (C=O) groups is 5. The molecule has 1 saturated heterocycles. The summed E-state index contributed by atoms with van der Waals surface area (Å²) in [4.78, 5) is 80.4. The van der Waals surface area contributed by atoms with Crippen LogP contribution in [0.4, 0.5) is 20.4 Å². The molecule has 0 aliphatic carbocycles. The molecule has 5 amide bonds. The highest BCUT2D eigenvalue weighted by molar-refractivity contribution is 7.92. The van der Waals surface area contributed by atoms with Crippen molar-refractivity contribution >= 4 is 50.9 Å². The minimum Gasteiger partial charge on any atom is -0.493 e. The van der Waals surface area contributed by atoms with E-state index in [1.165, 1.54) is 23.3 Å². The van der Waals surface area contributed by atoms with Crippen LogP contribution in [0.15, 0.2) is 47.0 Å². The number of anilines is 2. The van der Waals surface area contributed by atoms with Gasteiger partial charge in [0.1, 0.15) is 41.1 Å². The number of ether oxygens (including phenoxy) is 2. The van der Waals surface area contributed by atoms with Crippen molar-refractivity contribution in [1.82, 2.24) is 40.6 Å². The third kappa shape index (κ3) is 15.3. The topological polar surface area (TPSA) is 243 Å². The molecule has 1 aromatic heterocycles. The molecule has 0 unspecified atom stereocenters. The molecule has 2 aromatic carbocycles. The average molecular weight is 956 g/mol. The molecule has 19 nitrogen and oxygen atoms in total. The van der Waals surface area contributed by atoms with E-state index in [-0.39, 0.29) is 54.8 Å². The Morgan fingerprint density at radius 3 is 2.51 bits per heavy atom. The summed E-state index contributed by atoms with van der Waals surface area (Å²) in [5, 5.41) is 11.5. The van der Waals surface area contributed by atoms with Crippen molar-refractivity contribution in [2.75, 3.05) is 78.6 Å². The van der Waals surface area contributed by atoms with Gasteiger partial charge in [0.05, 0.1) is 47.4 Å². The molecular weight excluding hydrogens is 893 g/mol. The maximum Gasteiger partial charge on any atom is 0.276 e. The minimum absolute atomic E-state index is 0.0124. The summed E-state index contributed by atoms with van der Waals surface area (Å²) < 4.78 is 59.7. The zero-order valence-electron chi connectivity index (χ0n) is 39.1. The SMILES string of the molecule is CNCCN(C)CCN(C)CC(=O)N[C@@H](CC(N)=O)C(=O)N1CCC[C@H]1C(=O)N[C@H](C(=O)N=[S@@](C)(=O)Cc1cc2cc(c1)O[C@@H](C)CCOc1cc(F)ccc1-c1nc(ncc1F)N2)C(C)C. The first kappa shape index (κ1) is 52.1. The van der Waals surface area contributed by atoms with Crippen LogP contribution in [-0.2, 0) is 39.5 Å². The Hall–Kier alpha value is -5.84. The largest absolute Gasteiger partial charge is 0.493 e. The number of rotatable bonds is 18. The van der Waals surface area contributed by atoms with Gasteiger partial charge in [-0.15, -0.1) is 0 Å². The Morgan fingerprint density at radius 2 is 1.79 bits per heavy atom.